The van der Waals surface area contributed by atoms with E-state index in [0.717, 1.165) is 19.4 Å². The van der Waals surface area contributed by atoms with E-state index < -0.39 is 0 Å². The largest absolute Gasteiger partial charge is 0.483 e. The molecule has 1 aromatic heterocycles. The highest BCUT2D eigenvalue weighted by molar-refractivity contribution is 7.77. The first-order chi connectivity index (χ1) is 12.8. The fourth-order valence-electron chi connectivity index (χ4n) is 3.77. The van der Waals surface area contributed by atoms with Gasteiger partial charge in [-0.15, -0.1) is 11.3 Å². The third-order valence-corrected chi connectivity index (χ3v) is 6.86. The van der Waals surface area contributed by atoms with Gasteiger partial charge in [-0.2, -0.15) is 0 Å². The zero-order valence-corrected chi connectivity index (χ0v) is 18.5. The van der Waals surface area contributed by atoms with Crippen LogP contribution in [0.3, 0.4) is 0 Å². The number of carbonyl (C=O) groups is 1. The van der Waals surface area contributed by atoms with Crippen LogP contribution in [-0.4, -0.2) is 29.5 Å². The molecule has 148 valence electrons. The summed E-state index contributed by atoms with van der Waals surface area (Å²) in [6.45, 7) is 7.93. The number of thiophene rings is 1. The Morgan fingerprint density at radius 2 is 2.00 bits per heavy atom. The fourth-order valence-corrected chi connectivity index (χ4v) is 5.30. The van der Waals surface area contributed by atoms with E-state index in [1.807, 2.05) is 22.7 Å². The summed E-state index contributed by atoms with van der Waals surface area (Å²) in [5.74, 6) is 0. The first-order valence-corrected chi connectivity index (χ1v) is 10.7. The summed E-state index contributed by atoms with van der Waals surface area (Å²) in [7, 11) is 2.02. The normalized spacial score (nSPS) is 15.0. The number of nitrogens with zero attached hydrogens (tertiary/aromatic N) is 1. The second-order valence-corrected chi connectivity index (χ2v) is 9.83. The quantitative estimate of drug-likeness (QED) is 0.499. The second kappa shape index (κ2) is 9.76. The van der Waals surface area contributed by atoms with E-state index in [1.54, 1.807) is 10.4 Å². The fraction of sp³-hybridized carbons (Fsp3) is 0.500. The van der Waals surface area contributed by atoms with Crippen molar-refractivity contribution in [3.63, 3.8) is 0 Å². The molecular weight excluding hydrogens is 374 g/mol. The molecule has 0 radical (unpaired) electrons. The Morgan fingerprint density at radius 1 is 1.33 bits per heavy atom. The van der Waals surface area contributed by atoms with Crippen molar-refractivity contribution >= 4 is 30.6 Å². The van der Waals surface area contributed by atoms with Crippen molar-refractivity contribution < 1.29 is 9.90 Å². The maximum absolute atomic E-state index is 8.36. The van der Waals surface area contributed by atoms with Crippen molar-refractivity contribution in [1.82, 2.24) is 4.31 Å². The SMILES string of the molecule is Cc1c(-c2ccccc2CCCN(C)S)sc2c1CC(C)(C)CC2.O=CO. The minimum absolute atomic E-state index is 0.250. The Bertz CT molecular complexity index is 766. The number of rotatable bonds is 5. The number of hydrogen-bond acceptors (Lipinski definition) is 4. The van der Waals surface area contributed by atoms with Crippen LogP contribution in [0.1, 0.15) is 48.3 Å². The van der Waals surface area contributed by atoms with E-state index in [9.17, 15) is 0 Å². The van der Waals surface area contributed by atoms with Gasteiger partial charge in [0.05, 0.1) is 0 Å². The molecule has 0 saturated heterocycles. The molecule has 0 aliphatic heterocycles. The molecule has 1 aromatic carbocycles. The van der Waals surface area contributed by atoms with Gasteiger partial charge < -0.3 is 5.11 Å². The van der Waals surface area contributed by atoms with E-state index in [-0.39, 0.29) is 6.47 Å². The van der Waals surface area contributed by atoms with Crippen molar-refractivity contribution in [3.8, 4) is 10.4 Å². The lowest BCUT2D eigenvalue weighted by molar-refractivity contribution is -0.122. The highest BCUT2D eigenvalue weighted by Gasteiger charge is 2.29. The van der Waals surface area contributed by atoms with Gasteiger partial charge in [-0.3, -0.25) is 9.10 Å². The van der Waals surface area contributed by atoms with Crippen LogP contribution in [0.15, 0.2) is 24.3 Å². The van der Waals surface area contributed by atoms with Gasteiger partial charge >= 0.3 is 0 Å². The topological polar surface area (TPSA) is 40.5 Å². The molecule has 1 aliphatic carbocycles. The van der Waals surface area contributed by atoms with E-state index in [0.29, 0.717) is 5.41 Å². The van der Waals surface area contributed by atoms with Crippen LogP contribution < -0.4 is 0 Å². The van der Waals surface area contributed by atoms with Crippen molar-refractivity contribution in [2.75, 3.05) is 13.6 Å². The molecular formula is C22H31NO2S2. The zero-order valence-electron chi connectivity index (χ0n) is 16.8. The second-order valence-electron chi connectivity index (χ2n) is 8.05. The number of hydrogen-bond donors (Lipinski definition) is 2. The third-order valence-electron chi connectivity index (χ3n) is 5.23. The van der Waals surface area contributed by atoms with Crippen LogP contribution in [0, 0.1) is 12.3 Å². The molecule has 0 atom stereocenters. The summed E-state index contributed by atoms with van der Waals surface area (Å²) >= 11 is 6.40. The Hall–Kier alpha value is -1.30. The molecule has 27 heavy (non-hydrogen) atoms. The monoisotopic (exact) mass is 405 g/mol. The molecule has 0 spiro atoms. The molecule has 1 N–H and O–H groups in total. The van der Waals surface area contributed by atoms with Crippen molar-refractivity contribution in [3.05, 3.63) is 45.8 Å². The average molecular weight is 406 g/mol. The maximum atomic E-state index is 8.36. The smallest absolute Gasteiger partial charge is 0.290 e. The van der Waals surface area contributed by atoms with Gasteiger partial charge in [-0.05, 0) is 73.7 Å². The maximum Gasteiger partial charge on any atom is 0.290 e. The highest BCUT2D eigenvalue weighted by atomic mass is 32.1. The Balaban J connectivity index is 0.000000817. The zero-order chi connectivity index (χ0) is 20.0. The lowest BCUT2D eigenvalue weighted by Crippen LogP contribution is -2.21. The summed E-state index contributed by atoms with van der Waals surface area (Å²) in [4.78, 5) is 11.5. The number of fused-ring (bicyclic) bond motifs is 1. The minimum atomic E-state index is -0.250. The Labute approximate surface area is 173 Å². The van der Waals surface area contributed by atoms with Crippen LogP contribution in [0.4, 0.5) is 0 Å². The molecule has 3 nitrogen and oxygen atoms in total. The summed E-state index contributed by atoms with van der Waals surface area (Å²) in [6, 6.07) is 8.98. The molecule has 2 aromatic rings. The van der Waals surface area contributed by atoms with Gasteiger partial charge in [0.25, 0.3) is 6.47 Å². The molecule has 0 bridgehead atoms. The molecule has 1 heterocycles. The number of aryl methyl sites for hydroxylation is 2. The predicted octanol–water partition coefficient (Wildman–Crippen LogP) is 5.65. The van der Waals surface area contributed by atoms with E-state index in [4.69, 9.17) is 9.90 Å². The molecule has 3 rings (SSSR count). The number of thiol groups is 1. The van der Waals surface area contributed by atoms with E-state index in [2.05, 4.69) is 57.9 Å². The van der Waals surface area contributed by atoms with Crippen molar-refractivity contribution in [2.24, 2.45) is 5.41 Å². The molecule has 0 unspecified atom stereocenters. The van der Waals surface area contributed by atoms with Gasteiger partial charge in [0, 0.05) is 16.3 Å². The summed E-state index contributed by atoms with van der Waals surface area (Å²) < 4.78 is 1.97. The molecule has 5 heteroatoms. The van der Waals surface area contributed by atoms with Gasteiger partial charge in [-0.1, -0.05) is 50.9 Å². The third kappa shape index (κ3) is 5.84. The van der Waals surface area contributed by atoms with Gasteiger partial charge in [0.2, 0.25) is 0 Å². The van der Waals surface area contributed by atoms with Crippen LogP contribution >= 0.6 is 24.2 Å². The molecule has 1 aliphatic rings. The first kappa shape index (κ1) is 22.0. The lowest BCUT2D eigenvalue weighted by Gasteiger charge is -2.29. The van der Waals surface area contributed by atoms with Gasteiger partial charge in [-0.25, -0.2) is 0 Å². The Kier molecular flexibility index (Phi) is 7.95. The highest BCUT2D eigenvalue weighted by Crippen LogP contribution is 2.45. The van der Waals surface area contributed by atoms with E-state index >= 15 is 0 Å². The minimum Gasteiger partial charge on any atom is -0.483 e. The standard InChI is InChI=1S/C21H29NS2.CH2O2/c1-15-18-14-21(2,3)12-11-19(18)24-20(15)17-10-6-5-8-16(17)9-7-13-22(4)23;2-1-3/h5-6,8,10,23H,7,9,11-14H2,1-4H3;1H,(H,2,3). The molecule has 0 saturated carbocycles. The van der Waals surface area contributed by atoms with E-state index in [1.165, 1.54) is 40.8 Å². The summed E-state index contributed by atoms with van der Waals surface area (Å²) in [5, 5.41) is 6.89. The Morgan fingerprint density at radius 3 is 2.67 bits per heavy atom. The molecule has 0 amide bonds. The van der Waals surface area contributed by atoms with Gasteiger partial charge in [0.1, 0.15) is 0 Å². The lowest BCUT2D eigenvalue weighted by atomic mass is 9.76. The van der Waals surface area contributed by atoms with Crippen LogP contribution in [0.25, 0.3) is 10.4 Å². The average Bonchev–Trinajstić information content (AvgIpc) is 2.91. The predicted molar refractivity (Wildman–Crippen MR) is 119 cm³/mol. The van der Waals surface area contributed by atoms with Crippen molar-refractivity contribution in [2.45, 2.75) is 52.9 Å². The van der Waals surface area contributed by atoms with Crippen molar-refractivity contribution in [1.29, 1.82) is 0 Å². The van der Waals surface area contributed by atoms with Gasteiger partial charge in [0.15, 0.2) is 0 Å². The number of carboxylic acid groups (broad SMARTS) is 1. The summed E-state index contributed by atoms with van der Waals surface area (Å²) in [6.07, 6.45) is 6.07. The van der Waals surface area contributed by atoms with Crippen LogP contribution in [0.5, 0.6) is 0 Å². The van der Waals surface area contributed by atoms with Crippen LogP contribution in [-0.2, 0) is 24.1 Å². The number of benzene rings is 1. The van der Waals surface area contributed by atoms with Crippen LogP contribution in [0.2, 0.25) is 0 Å². The summed E-state index contributed by atoms with van der Waals surface area (Å²) in [5.41, 5.74) is 6.55. The first-order valence-electron chi connectivity index (χ1n) is 9.46. The molecule has 0 fully saturated rings.